The highest BCUT2D eigenvalue weighted by atomic mass is 35.5. The van der Waals surface area contributed by atoms with Crippen molar-refractivity contribution < 1.29 is 13.9 Å². The van der Waals surface area contributed by atoms with Gasteiger partial charge < -0.3 is 24.4 Å². The minimum atomic E-state index is -0.471. The van der Waals surface area contributed by atoms with Gasteiger partial charge in [0.05, 0.1) is 46.9 Å². The second-order valence-electron chi connectivity index (χ2n) is 15.8. The number of likely N-dealkylation sites (tertiary alicyclic amines) is 1. The molecule has 6 aliphatic rings. The molecule has 11 rings (SSSR count). The van der Waals surface area contributed by atoms with Crippen molar-refractivity contribution in [2.45, 2.75) is 69.6 Å². The van der Waals surface area contributed by atoms with E-state index in [1.807, 2.05) is 25.1 Å². The van der Waals surface area contributed by atoms with Gasteiger partial charge in [-0.1, -0.05) is 35.3 Å². The molecule has 0 radical (unpaired) electrons. The Bertz CT molecular complexity index is 2410. The minimum Gasteiger partial charge on any atom is -0.493 e. The molecule has 6 fully saturated rings. The molecule has 4 saturated heterocycles. The number of ether oxygens (including phenoxy) is 1. The van der Waals surface area contributed by atoms with Gasteiger partial charge in [0.25, 0.3) is 0 Å². The van der Waals surface area contributed by atoms with E-state index in [-0.39, 0.29) is 58.9 Å². The van der Waals surface area contributed by atoms with Crippen LogP contribution in [0.15, 0.2) is 48.7 Å². The highest BCUT2D eigenvalue weighted by Gasteiger charge is 2.55. The van der Waals surface area contributed by atoms with Gasteiger partial charge in [0.15, 0.2) is 17.4 Å². The number of halogens is 3. The number of carbonyl (C=O) groups excluding carboxylic acids is 1. The molecule has 5 aromatic rings. The summed E-state index contributed by atoms with van der Waals surface area (Å²) in [6.07, 6.45) is 6.18. The van der Waals surface area contributed by atoms with Gasteiger partial charge in [-0.3, -0.25) is 4.79 Å². The number of methoxy groups -OCH3 is 1. The molecule has 1 N–H and O–H groups in total. The van der Waals surface area contributed by atoms with Crippen LogP contribution >= 0.6 is 23.2 Å². The number of rotatable bonds is 8. The maximum Gasteiger partial charge on any atom is 0.226 e. The highest BCUT2D eigenvalue weighted by Crippen LogP contribution is 2.54. The summed E-state index contributed by atoms with van der Waals surface area (Å²) in [4.78, 5) is 28.7. The van der Waals surface area contributed by atoms with Crippen LogP contribution in [-0.2, 0) is 11.2 Å². The zero-order chi connectivity index (χ0) is 37.0. The Morgan fingerprint density at radius 2 is 1.96 bits per heavy atom. The summed E-state index contributed by atoms with van der Waals surface area (Å²) in [7, 11) is 1.67. The Kier molecular flexibility index (Phi) is 8.10. The van der Waals surface area contributed by atoms with Crippen molar-refractivity contribution in [3.63, 3.8) is 0 Å². The molecule has 2 saturated carbocycles. The standard InChI is InChI=1S/C42H40Cl2FN7O2/c1-21-28-17-32(39-25-14-26(51(39)42(53)22-10-11-22)20-50(19-25)41-33(54-2)9-5-13-47-41)52(38-24-16-31(38)48-18-24)40(28)29-15-23(6-4-12-46)34(36(45)37(29)49-21)27-7-3-8-30(43)35(27)44/h3,5,7-9,13,15,17,22,24-26,31,38-39,48H,4,6,10-11,14,16,18-20H2,1-2H3. The molecule has 54 heavy (non-hydrogen) atoms. The number of hydrogen-bond acceptors (Lipinski definition) is 7. The number of nitrogens with zero attached hydrogens (tertiary/aromatic N) is 6. The van der Waals surface area contributed by atoms with Crippen LogP contribution in [0.1, 0.15) is 61.1 Å². The summed E-state index contributed by atoms with van der Waals surface area (Å²) in [5, 5.41) is 15.7. The predicted octanol–water partition coefficient (Wildman–Crippen LogP) is 8.19. The average Bonchev–Trinajstić information content (AvgIpc) is 3.46. The molecular weight excluding hydrogens is 724 g/mol. The fourth-order valence-electron chi connectivity index (χ4n) is 10.3. The van der Waals surface area contributed by atoms with E-state index in [1.165, 1.54) is 0 Å². The van der Waals surface area contributed by atoms with Crippen LogP contribution in [0.4, 0.5) is 10.2 Å². The summed E-state index contributed by atoms with van der Waals surface area (Å²) < 4.78 is 25.6. The zero-order valence-corrected chi connectivity index (χ0v) is 31.7. The van der Waals surface area contributed by atoms with Gasteiger partial charge in [0.2, 0.25) is 5.91 Å². The summed E-state index contributed by atoms with van der Waals surface area (Å²) in [5.74, 6) is 1.92. The van der Waals surface area contributed by atoms with Crippen LogP contribution in [0.3, 0.4) is 0 Å². The Labute approximate surface area is 323 Å². The Balaban J connectivity index is 1.21. The smallest absolute Gasteiger partial charge is 0.226 e. The van der Waals surface area contributed by atoms with E-state index in [9.17, 15) is 10.1 Å². The van der Waals surface area contributed by atoms with Gasteiger partial charge in [-0.2, -0.15) is 5.26 Å². The molecule has 4 bridgehead atoms. The van der Waals surface area contributed by atoms with Crippen molar-refractivity contribution in [3.05, 3.63) is 81.5 Å². The molecular formula is C42H40Cl2FN7O2. The molecule has 276 valence electrons. The lowest BCUT2D eigenvalue weighted by Gasteiger charge is -2.40. The first kappa shape index (κ1) is 34.1. The molecule has 1 amide bonds. The number of pyridine rings is 2. The molecule has 7 heterocycles. The normalized spacial score (nSPS) is 25.7. The number of nitriles is 1. The summed E-state index contributed by atoms with van der Waals surface area (Å²) >= 11 is 13.2. The van der Waals surface area contributed by atoms with Gasteiger partial charge in [-0.15, -0.1) is 0 Å². The average molecular weight is 765 g/mol. The number of carbonyl (C=O) groups is 1. The van der Waals surface area contributed by atoms with Gasteiger partial charge in [-0.05, 0) is 80.8 Å². The fraction of sp³-hybridized carbons (Fsp3) is 0.429. The monoisotopic (exact) mass is 763 g/mol. The lowest BCUT2D eigenvalue weighted by molar-refractivity contribution is -0.135. The number of fused-ring (bicyclic) bond motifs is 6. The largest absolute Gasteiger partial charge is 0.493 e. The van der Waals surface area contributed by atoms with Gasteiger partial charge in [0, 0.05) is 83.4 Å². The zero-order valence-electron chi connectivity index (χ0n) is 30.2. The third-order valence-electron chi connectivity index (χ3n) is 12.8. The molecule has 6 unspecified atom stereocenters. The molecule has 12 heteroatoms. The lowest BCUT2D eigenvalue weighted by atomic mass is 9.79. The quantitative estimate of drug-likeness (QED) is 0.170. The molecule has 9 nitrogen and oxygen atoms in total. The third kappa shape index (κ3) is 5.08. The van der Waals surface area contributed by atoms with Crippen LogP contribution in [-0.4, -0.2) is 64.2 Å². The van der Waals surface area contributed by atoms with Crippen LogP contribution in [0.2, 0.25) is 10.0 Å². The predicted molar refractivity (Wildman–Crippen MR) is 207 cm³/mol. The van der Waals surface area contributed by atoms with Gasteiger partial charge >= 0.3 is 0 Å². The number of aromatic nitrogens is 3. The minimum absolute atomic E-state index is 0.0206. The molecule has 3 aromatic heterocycles. The second-order valence-corrected chi connectivity index (χ2v) is 16.6. The van der Waals surface area contributed by atoms with Gasteiger partial charge in [-0.25, -0.2) is 14.4 Å². The number of hydrogen-bond donors (Lipinski definition) is 1. The first-order chi connectivity index (χ1) is 26.3. The maximum absolute atomic E-state index is 17.3. The fourth-order valence-corrected chi connectivity index (χ4v) is 10.7. The van der Waals surface area contributed by atoms with Crippen LogP contribution < -0.4 is 15.0 Å². The molecule has 2 aliphatic carbocycles. The number of piperidine rings is 1. The van der Waals surface area contributed by atoms with Crippen molar-refractivity contribution in [1.82, 2.24) is 24.8 Å². The van der Waals surface area contributed by atoms with Crippen LogP contribution in [0.25, 0.3) is 32.9 Å². The van der Waals surface area contributed by atoms with Crippen LogP contribution in [0.5, 0.6) is 5.75 Å². The first-order valence-electron chi connectivity index (χ1n) is 19.0. The van der Waals surface area contributed by atoms with Crippen LogP contribution in [0, 0.1) is 41.8 Å². The molecule has 4 aliphatic heterocycles. The summed E-state index contributed by atoms with van der Waals surface area (Å²) in [5.41, 5.74) is 4.53. The Hall–Kier alpha value is -4.43. The van der Waals surface area contributed by atoms with E-state index in [4.69, 9.17) is 37.9 Å². The Morgan fingerprint density at radius 3 is 2.70 bits per heavy atom. The third-order valence-corrected chi connectivity index (χ3v) is 13.6. The number of aryl methyl sites for hydroxylation is 2. The van der Waals surface area contributed by atoms with Crippen molar-refractivity contribution in [1.29, 1.82) is 5.26 Å². The lowest BCUT2D eigenvalue weighted by Crippen LogP contribution is -2.45. The maximum atomic E-state index is 17.3. The first-order valence-corrected chi connectivity index (χ1v) is 19.8. The number of benzene rings is 2. The second kappa shape index (κ2) is 12.8. The van der Waals surface area contributed by atoms with E-state index in [2.05, 4.69) is 31.8 Å². The topological polar surface area (TPSA) is 99.3 Å². The molecule has 0 spiro atoms. The van der Waals surface area contributed by atoms with Crippen molar-refractivity contribution in [2.75, 3.05) is 31.6 Å². The molecule has 6 atom stereocenters. The number of anilines is 1. The SMILES string of the molecule is COc1cccnc1N1CC2CC(C1)N(C(=O)C1CC1)C2c1cc2c(C)nc3c(F)c(-c4cccc(Cl)c4Cl)c(CCC#N)cc3c2n1C1C2CNC1C2. The summed E-state index contributed by atoms with van der Waals surface area (Å²) in [6.45, 7) is 4.29. The number of amides is 1. The van der Waals surface area contributed by atoms with E-state index >= 15 is 4.39 Å². The summed E-state index contributed by atoms with van der Waals surface area (Å²) in [6, 6.07) is 15.9. The van der Waals surface area contributed by atoms with Gasteiger partial charge in [0.1, 0.15) is 5.52 Å². The Morgan fingerprint density at radius 1 is 1.11 bits per heavy atom. The van der Waals surface area contributed by atoms with E-state index in [0.29, 0.717) is 46.0 Å². The van der Waals surface area contributed by atoms with Crippen molar-refractivity contribution >= 4 is 56.7 Å². The number of nitrogens with one attached hydrogen (secondary N) is 1. The van der Waals surface area contributed by atoms with E-state index < -0.39 is 5.82 Å². The van der Waals surface area contributed by atoms with E-state index in [0.717, 1.165) is 72.6 Å². The van der Waals surface area contributed by atoms with E-state index in [1.54, 1.807) is 31.5 Å². The van der Waals surface area contributed by atoms with Crippen molar-refractivity contribution in [2.24, 2.45) is 17.8 Å². The van der Waals surface area contributed by atoms with Crippen molar-refractivity contribution in [3.8, 4) is 22.9 Å². The molecule has 2 aromatic carbocycles. The highest BCUT2D eigenvalue weighted by molar-refractivity contribution is 6.43.